The number of hydrogen-bond acceptors (Lipinski definition) is 9. The molecule has 0 saturated carbocycles. The van der Waals surface area contributed by atoms with Crippen LogP contribution in [0.2, 0.25) is 5.02 Å². The number of imidazole rings is 1. The average Bonchev–Trinajstić information content (AvgIpc) is 3.23. The van der Waals surface area contributed by atoms with Gasteiger partial charge in [0.15, 0.2) is 17.6 Å². The van der Waals surface area contributed by atoms with Crippen molar-refractivity contribution in [1.82, 2.24) is 19.9 Å². The number of nitrogens with one attached hydrogen (secondary N) is 2. The Kier molecular flexibility index (Phi) is 6.54. The quantitative estimate of drug-likeness (QED) is 0.300. The number of para-hydroxylation sites is 1. The van der Waals surface area contributed by atoms with E-state index in [1.807, 2.05) is 0 Å². The smallest absolute Gasteiger partial charge is 0.334 e. The maximum Gasteiger partial charge on any atom is 0.334 e. The molecule has 2 aromatic heterocycles. The fourth-order valence-corrected chi connectivity index (χ4v) is 2.80. The van der Waals surface area contributed by atoms with E-state index in [2.05, 4.69) is 25.3 Å². The fraction of sp³-hybridized carbons (Fsp3) is 0.235. The minimum absolute atomic E-state index is 0.000212. The van der Waals surface area contributed by atoms with Gasteiger partial charge in [0, 0.05) is 0 Å². The van der Waals surface area contributed by atoms with Gasteiger partial charge >= 0.3 is 6.03 Å². The second-order valence-electron chi connectivity index (χ2n) is 6.06. The molecule has 1 aromatic carbocycles. The Labute approximate surface area is 173 Å². The van der Waals surface area contributed by atoms with E-state index in [0.717, 1.165) is 6.33 Å². The SMILES string of the molecule is O=C(Nc1ncnc2nc[nH]c12)N(C(=O)[C@H](O)[C@H](O)[C@H](O)CO)c1ccccc1Cl. The Morgan fingerprint density at radius 2 is 1.90 bits per heavy atom. The lowest BCUT2D eigenvalue weighted by Gasteiger charge is -2.27. The normalized spacial score (nSPS) is 14.2. The molecule has 158 valence electrons. The second kappa shape index (κ2) is 9.11. The summed E-state index contributed by atoms with van der Waals surface area (Å²) in [6.45, 7) is -0.914. The largest absolute Gasteiger partial charge is 0.394 e. The lowest BCUT2D eigenvalue weighted by atomic mass is 10.1. The summed E-state index contributed by atoms with van der Waals surface area (Å²) < 4.78 is 0. The molecular formula is C17H17ClN6O6. The topological polar surface area (TPSA) is 185 Å². The fourth-order valence-electron chi connectivity index (χ4n) is 2.58. The minimum Gasteiger partial charge on any atom is -0.394 e. The highest BCUT2D eigenvalue weighted by molar-refractivity contribution is 6.35. The number of halogens is 1. The van der Waals surface area contributed by atoms with Crippen LogP contribution < -0.4 is 10.2 Å². The molecule has 30 heavy (non-hydrogen) atoms. The first kappa shape index (κ1) is 21.5. The number of aromatic nitrogens is 4. The molecule has 0 fully saturated rings. The van der Waals surface area contributed by atoms with Crippen LogP contribution in [-0.2, 0) is 4.79 Å². The first-order valence-corrected chi connectivity index (χ1v) is 8.91. The summed E-state index contributed by atoms with van der Waals surface area (Å²) in [4.78, 5) is 40.8. The number of hydrogen-bond donors (Lipinski definition) is 6. The lowest BCUT2D eigenvalue weighted by Crippen LogP contribution is -2.53. The number of H-pyrrole nitrogens is 1. The predicted octanol–water partition coefficient (Wildman–Crippen LogP) is -0.354. The van der Waals surface area contributed by atoms with Crippen molar-refractivity contribution in [2.45, 2.75) is 18.3 Å². The third-order valence-electron chi connectivity index (χ3n) is 4.12. The maximum atomic E-state index is 13.0. The summed E-state index contributed by atoms with van der Waals surface area (Å²) in [5, 5.41) is 41.0. The molecular weight excluding hydrogens is 420 g/mol. The second-order valence-corrected chi connectivity index (χ2v) is 6.47. The van der Waals surface area contributed by atoms with E-state index in [9.17, 15) is 24.9 Å². The molecule has 3 rings (SSSR count). The number of imide groups is 1. The Bertz CT molecular complexity index is 1060. The van der Waals surface area contributed by atoms with Crippen LogP contribution >= 0.6 is 11.6 Å². The van der Waals surface area contributed by atoms with Crippen LogP contribution in [0.5, 0.6) is 0 Å². The molecule has 3 aromatic rings. The number of amides is 3. The molecule has 0 bridgehead atoms. The number of urea groups is 1. The third-order valence-corrected chi connectivity index (χ3v) is 4.44. The van der Waals surface area contributed by atoms with Gasteiger partial charge in [0.05, 0.1) is 23.6 Å². The summed E-state index contributed by atoms with van der Waals surface area (Å²) in [6, 6.07) is 4.75. The first-order chi connectivity index (χ1) is 14.3. The summed E-state index contributed by atoms with van der Waals surface area (Å²) in [7, 11) is 0. The van der Waals surface area contributed by atoms with Gasteiger partial charge in [-0.15, -0.1) is 0 Å². The first-order valence-electron chi connectivity index (χ1n) is 8.53. The molecule has 0 aliphatic heterocycles. The zero-order valence-corrected chi connectivity index (χ0v) is 15.9. The number of nitrogens with zero attached hydrogens (tertiary/aromatic N) is 4. The highest BCUT2D eigenvalue weighted by Crippen LogP contribution is 2.27. The van der Waals surface area contributed by atoms with Crippen LogP contribution in [0.4, 0.5) is 16.3 Å². The molecule has 13 heteroatoms. The molecule has 0 spiro atoms. The van der Waals surface area contributed by atoms with E-state index < -0.39 is 36.9 Å². The third kappa shape index (κ3) is 4.22. The molecule has 6 N–H and O–H groups in total. The van der Waals surface area contributed by atoms with Gasteiger partial charge < -0.3 is 25.4 Å². The van der Waals surface area contributed by atoms with Crippen molar-refractivity contribution in [3.63, 3.8) is 0 Å². The minimum atomic E-state index is -2.24. The van der Waals surface area contributed by atoms with Crippen LogP contribution in [0.1, 0.15) is 0 Å². The zero-order valence-electron chi connectivity index (χ0n) is 15.2. The number of carbonyl (C=O) groups excluding carboxylic acids is 2. The van der Waals surface area contributed by atoms with Gasteiger partial charge in [-0.2, -0.15) is 0 Å². The number of aromatic amines is 1. The van der Waals surface area contributed by atoms with Crippen molar-refractivity contribution in [3.8, 4) is 0 Å². The van der Waals surface area contributed by atoms with E-state index in [4.69, 9.17) is 16.7 Å². The molecule has 0 aliphatic carbocycles. The standard InChI is InChI=1S/C17H17ClN6O6/c18-8-3-1-2-4-9(8)24(16(29)13(28)12(27)10(26)5-25)17(30)23-15-11-14(20-6-19-11)21-7-22-15/h1-4,6-7,10,12-13,25-28H,5H2,(H2,19,20,21,22,23,30)/t10-,12-,13-/m1/s1. The molecule has 0 aliphatic rings. The van der Waals surface area contributed by atoms with E-state index in [1.54, 1.807) is 6.07 Å². The number of aliphatic hydroxyl groups is 4. The van der Waals surface area contributed by atoms with Crippen molar-refractivity contribution in [2.75, 3.05) is 16.8 Å². The van der Waals surface area contributed by atoms with Crippen LogP contribution in [0.3, 0.4) is 0 Å². The Morgan fingerprint density at radius 1 is 1.17 bits per heavy atom. The monoisotopic (exact) mass is 436 g/mol. The molecule has 0 unspecified atom stereocenters. The van der Waals surface area contributed by atoms with Gasteiger partial charge in [-0.05, 0) is 12.1 Å². The number of carbonyl (C=O) groups is 2. The van der Waals surface area contributed by atoms with Crippen molar-refractivity contribution < 1.29 is 30.0 Å². The molecule has 2 heterocycles. The van der Waals surface area contributed by atoms with Gasteiger partial charge in [0.2, 0.25) is 0 Å². The lowest BCUT2D eigenvalue weighted by molar-refractivity contribution is -0.138. The van der Waals surface area contributed by atoms with Crippen molar-refractivity contribution in [3.05, 3.63) is 41.9 Å². The number of aliphatic hydroxyl groups excluding tert-OH is 4. The van der Waals surface area contributed by atoms with E-state index in [-0.39, 0.29) is 27.7 Å². The highest BCUT2D eigenvalue weighted by atomic mass is 35.5. The highest BCUT2D eigenvalue weighted by Gasteiger charge is 2.37. The maximum absolute atomic E-state index is 13.0. The van der Waals surface area contributed by atoms with Crippen LogP contribution in [0, 0.1) is 0 Å². The number of rotatable bonds is 6. The van der Waals surface area contributed by atoms with Crippen LogP contribution in [-0.4, -0.2) is 77.2 Å². The van der Waals surface area contributed by atoms with Crippen LogP contribution in [0.15, 0.2) is 36.9 Å². The van der Waals surface area contributed by atoms with E-state index in [1.165, 1.54) is 24.5 Å². The summed E-state index contributed by atoms with van der Waals surface area (Å²) >= 11 is 6.11. The van der Waals surface area contributed by atoms with Gasteiger partial charge in [-0.1, -0.05) is 23.7 Å². The molecule has 0 radical (unpaired) electrons. The van der Waals surface area contributed by atoms with Gasteiger partial charge in [-0.3, -0.25) is 10.1 Å². The number of fused-ring (bicyclic) bond motifs is 1. The summed E-state index contributed by atoms with van der Waals surface area (Å²) in [5.41, 5.74) is 0.451. The Hall–Kier alpha value is -3.16. The Balaban J connectivity index is 1.97. The van der Waals surface area contributed by atoms with E-state index in [0.29, 0.717) is 4.90 Å². The van der Waals surface area contributed by atoms with E-state index >= 15 is 0 Å². The van der Waals surface area contributed by atoms with Gasteiger partial charge in [0.25, 0.3) is 5.91 Å². The molecule has 12 nitrogen and oxygen atoms in total. The van der Waals surface area contributed by atoms with Crippen LogP contribution in [0.25, 0.3) is 11.2 Å². The Morgan fingerprint density at radius 3 is 2.60 bits per heavy atom. The predicted molar refractivity (Wildman–Crippen MR) is 105 cm³/mol. The number of benzene rings is 1. The average molecular weight is 437 g/mol. The molecule has 0 saturated heterocycles. The van der Waals surface area contributed by atoms with Crippen molar-refractivity contribution in [1.29, 1.82) is 0 Å². The van der Waals surface area contributed by atoms with Gasteiger partial charge in [0.1, 0.15) is 24.1 Å². The van der Waals surface area contributed by atoms with Gasteiger partial charge in [-0.25, -0.2) is 24.6 Å². The molecule has 3 amide bonds. The van der Waals surface area contributed by atoms with Crippen molar-refractivity contribution >= 4 is 46.2 Å². The summed E-state index contributed by atoms with van der Waals surface area (Å²) in [6.07, 6.45) is -3.63. The zero-order chi connectivity index (χ0) is 21.8. The number of anilines is 2. The summed E-state index contributed by atoms with van der Waals surface area (Å²) in [5.74, 6) is -1.30. The van der Waals surface area contributed by atoms with Crippen molar-refractivity contribution in [2.24, 2.45) is 0 Å². The molecule has 3 atom stereocenters.